The van der Waals surface area contributed by atoms with E-state index in [1.807, 2.05) is 44.2 Å². The first-order chi connectivity index (χ1) is 18.0. The molecule has 11 heteroatoms. The summed E-state index contributed by atoms with van der Waals surface area (Å²) in [7, 11) is 4.24. The number of nitrogen functional groups attached to an aromatic ring is 1. The highest BCUT2D eigenvalue weighted by Crippen LogP contribution is 2.31. The fourth-order valence-corrected chi connectivity index (χ4v) is 4.97. The first kappa shape index (κ1) is 26.7. The van der Waals surface area contributed by atoms with Gasteiger partial charge in [0, 0.05) is 14.1 Å². The third-order valence-electron chi connectivity index (χ3n) is 6.03. The smallest absolute Gasteiger partial charge is 0.332 e. The van der Waals surface area contributed by atoms with Crippen molar-refractivity contribution in [3.63, 3.8) is 0 Å². The number of hydrogen-bond acceptors (Lipinski definition) is 8. The molecule has 0 saturated carbocycles. The van der Waals surface area contributed by atoms with E-state index < -0.39 is 17.0 Å². The van der Waals surface area contributed by atoms with E-state index in [0.29, 0.717) is 11.4 Å². The number of benzene rings is 2. The Balaban J connectivity index is 1.71. The molecule has 38 heavy (non-hydrogen) atoms. The second kappa shape index (κ2) is 10.5. The molecule has 0 fully saturated rings. The number of ether oxygens (including phenoxy) is 1. The predicted molar refractivity (Wildman–Crippen MR) is 150 cm³/mol. The largest absolute Gasteiger partial charge is 0.497 e. The molecular formula is C27H27N5O5S. The van der Waals surface area contributed by atoms with Crippen LogP contribution in [0.25, 0.3) is 6.08 Å². The van der Waals surface area contributed by atoms with Crippen LogP contribution < -0.4 is 26.6 Å². The van der Waals surface area contributed by atoms with Crippen molar-refractivity contribution in [3.05, 3.63) is 91.3 Å². The molecule has 0 radical (unpaired) electrons. The Bertz CT molecular complexity index is 1610. The molecule has 0 atom stereocenters. The Morgan fingerprint density at radius 2 is 1.66 bits per heavy atom. The summed E-state index contributed by atoms with van der Waals surface area (Å²) in [6.45, 7) is 3.85. The average Bonchev–Trinajstić information content (AvgIpc) is 3.19. The van der Waals surface area contributed by atoms with Crippen molar-refractivity contribution in [1.29, 1.82) is 0 Å². The van der Waals surface area contributed by atoms with E-state index >= 15 is 0 Å². The molecule has 0 aliphatic carbocycles. The lowest BCUT2D eigenvalue weighted by molar-refractivity contribution is -0.113. The molecular weight excluding hydrogens is 506 g/mol. The SMILES string of the molecule is COc1ccc(C=C2N=C(SCC(=O)c3c(N)n(C)c(=O)n(C)c3=O)N(c3cc(C)cc(C)c3)C2=O)cc1. The molecule has 1 aliphatic heterocycles. The van der Waals surface area contributed by atoms with E-state index in [9.17, 15) is 19.2 Å². The van der Waals surface area contributed by atoms with Crippen molar-refractivity contribution >= 4 is 46.2 Å². The fourth-order valence-electron chi connectivity index (χ4n) is 4.08. The number of nitrogens with zero attached hydrogens (tertiary/aromatic N) is 4. The summed E-state index contributed by atoms with van der Waals surface area (Å²) in [5, 5.41) is 0.285. The van der Waals surface area contributed by atoms with Crippen LogP contribution in [0.2, 0.25) is 0 Å². The highest BCUT2D eigenvalue weighted by Gasteiger charge is 2.33. The van der Waals surface area contributed by atoms with Crippen LogP contribution in [0, 0.1) is 13.8 Å². The molecule has 10 nitrogen and oxygen atoms in total. The van der Waals surface area contributed by atoms with Crippen LogP contribution >= 0.6 is 11.8 Å². The third kappa shape index (κ3) is 5.05. The van der Waals surface area contributed by atoms with Gasteiger partial charge in [-0.1, -0.05) is 30.0 Å². The van der Waals surface area contributed by atoms with Gasteiger partial charge in [-0.05, 0) is 60.9 Å². The number of amidine groups is 1. The van der Waals surface area contributed by atoms with Gasteiger partial charge in [-0.2, -0.15) is 0 Å². The molecule has 0 unspecified atom stereocenters. The summed E-state index contributed by atoms with van der Waals surface area (Å²) in [6.07, 6.45) is 1.66. The van der Waals surface area contributed by atoms with Gasteiger partial charge in [-0.25, -0.2) is 9.79 Å². The Labute approximate surface area is 223 Å². The van der Waals surface area contributed by atoms with Crippen LogP contribution in [0.3, 0.4) is 0 Å². The molecule has 1 aromatic heterocycles. The van der Waals surface area contributed by atoms with Gasteiger partial charge in [0.15, 0.2) is 11.0 Å². The minimum Gasteiger partial charge on any atom is -0.497 e. The number of nitrogens with two attached hydrogens (primary N) is 1. The summed E-state index contributed by atoms with van der Waals surface area (Å²) in [4.78, 5) is 57.4. The lowest BCUT2D eigenvalue weighted by atomic mass is 10.1. The van der Waals surface area contributed by atoms with Crippen molar-refractivity contribution in [2.75, 3.05) is 23.5 Å². The van der Waals surface area contributed by atoms with E-state index in [1.54, 1.807) is 25.3 Å². The van der Waals surface area contributed by atoms with Crippen molar-refractivity contribution in [3.8, 4) is 5.75 Å². The van der Waals surface area contributed by atoms with Crippen LogP contribution in [0.4, 0.5) is 11.5 Å². The van der Waals surface area contributed by atoms with Crippen LogP contribution in [-0.2, 0) is 18.9 Å². The minimum atomic E-state index is -0.771. The predicted octanol–water partition coefficient (Wildman–Crippen LogP) is 2.65. The number of aliphatic imine (C=N–C) groups is 1. The standard InChI is InChI=1S/C27H27N5O5S/c1-15-10-16(2)12-18(11-15)32-24(34)20(13-17-6-8-19(37-5)9-7-17)29-26(32)38-14-21(33)22-23(28)30(3)27(36)31(4)25(22)35/h6-13H,14,28H2,1-5H3. The molecule has 2 N–H and O–H groups in total. The van der Waals surface area contributed by atoms with E-state index in [4.69, 9.17) is 10.5 Å². The summed E-state index contributed by atoms with van der Waals surface area (Å²) in [5.41, 5.74) is 7.75. The number of aromatic nitrogens is 2. The average molecular weight is 534 g/mol. The summed E-state index contributed by atoms with van der Waals surface area (Å²) < 4.78 is 7.08. The molecule has 1 aliphatic rings. The van der Waals surface area contributed by atoms with Crippen LogP contribution in [0.15, 0.2) is 62.7 Å². The number of Topliss-reactive ketones (excluding diaryl/α,β-unsaturated/α-hetero) is 1. The maximum absolute atomic E-state index is 13.5. The van der Waals surface area contributed by atoms with E-state index in [2.05, 4.69) is 4.99 Å². The highest BCUT2D eigenvalue weighted by molar-refractivity contribution is 8.14. The normalized spacial score (nSPS) is 14.2. The van der Waals surface area contributed by atoms with Gasteiger partial charge in [0.1, 0.15) is 22.8 Å². The number of hydrogen-bond donors (Lipinski definition) is 1. The number of thioether (sulfide) groups is 1. The van der Waals surface area contributed by atoms with E-state index in [0.717, 1.165) is 37.6 Å². The zero-order chi connectivity index (χ0) is 27.7. The number of rotatable bonds is 6. The monoisotopic (exact) mass is 533 g/mol. The lowest BCUT2D eigenvalue weighted by Crippen LogP contribution is -2.42. The molecule has 0 spiro atoms. The van der Waals surface area contributed by atoms with Gasteiger partial charge in [0.25, 0.3) is 11.5 Å². The highest BCUT2D eigenvalue weighted by atomic mass is 32.2. The van der Waals surface area contributed by atoms with Gasteiger partial charge in [-0.3, -0.25) is 28.4 Å². The summed E-state index contributed by atoms with van der Waals surface area (Å²) in [5.74, 6) is -0.672. The molecule has 3 aromatic rings. The first-order valence-corrected chi connectivity index (χ1v) is 12.6. The second-order valence-electron chi connectivity index (χ2n) is 8.86. The summed E-state index contributed by atoms with van der Waals surface area (Å²) >= 11 is 1.01. The third-order valence-corrected chi connectivity index (χ3v) is 6.97. The van der Waals surface area contributed by atoms with Crippen molar-refractivity contribution in [2.24, 2.45) is 19.1 Å². The number of carbonyl (C=O) groups excluding carboxylic acids is 2. The van der Waals surface area contributed by atoms with Gasteiger partial charge in [-0.15, -0.1) is 0 Å². The first-order valence-electron chi connectivity index (χ1n) is 11.6. The number of methoxy groups -OCH3 is 1. The lowest BCUT2D eigenvalue weighted by Gasteiger charge is -2.19. The molecule has 0 saturated heterocycles. The topological polar surface area (TPSA) is 129 Å². The van der Waals surface area contributed by atoms with E-state index in [-0.39, 0.29) is 33.9 Å². The fraction of sp³-hybridized carbons (Fsp3) is 0.222. The van der Waals surface area contributed by atoms with Crippen LogP contribution in [-0.4, -0.2) is 38.9 Å². The minimum absolute atomic E-state index is 0.196. The number of aryl methyl sites for hydroxylation is 2. The quantitative estimate of drug-likeness (QED) is 0.381. The zero-order valence-electron chi connectivity index (χ0n) is 21.6. The Kier molecular flexibility index (Phi) is 7.40. The summed E-state index contributed by atoms with van der Waals surface area (Å²) in [6, 6.07) is 12.9. The van der Waals surface area contributed by atoms with Gasteiger partial charge < -0.3 is 10.5 Å². The molecule has 2 heterocycles. The number of ketones is 1. The van der Waals surface area contributed by atoms with Crippen molar-refractivity contribution < 1.29 is 14.3 Å². The van der Waals surface area contributed by atoms with Gasteiger partial charge in [0.2, 0.25) is 0 Å². The molecule has 0 bridgehead atoms. The number of anilines is 2. The number of amides is 1. The van der Waals surface area contributed by atoms with Gasteiger partial charge in [0.05, 0.1) is 18.6 Å². The zero-order valence-corrected chi connectivity index (χ0v) is 22.5. The number of carbonyl (C=O) groups is 2. The molecule has 1 amide bonds. The van der Waals surface area contributed by atoms with Gasteiger partial charge >= 0.3 is 5.69 Å². The molecule has 196 valence electrons. The van der Waals surface area contributed by atoms with E-state index in [1.165, 1.54) is 19.0 Å². The van der Waals surface area contributed by atoms with Crippen molar-refractivity contribution in [2.45, 2.75) is 13.8 Å². The maximum atomic E-state index is 13.5. The Hall–Kier alpha value is -4.38. The Morgan fingerprint density at radius 3 is 2.26 bits per heavy atom. The molecule has 2 aromatic carbocycles. The molecule has 4 rings (SSSR count). The maximum Gasteiger partial charge on any atom is 0.332 e. The van der Waals surface area contributed by atoms with Crippen LogP contribution in [0.1, 0.15) is 27.0 Å². The van der Waals surface area contributed by atoms with Crippen molar-refractivity contribution in [1.82, 2.24) is 9.13 Å². The Morgan fingerprint density at radius 1 is 1.03 bits per heavy atom. The van der Waals surface area contributed by atoms with Crippen LogP contribution in [0.5, 0.6) is 5.75 Å². The second-order valence-corrected chi connectivity index (χ2v) is 9.80.